The van der Waals surface area contributed by atoms with E-state index in [1.165, 1.54) is 16.5 Å². The number of imide groups is 1. The summed E-state index contributed by atoms with van der Waals surface area (Å²) < 4.78 is 20.4. The minimum atomic E-state index is -0.912. The largest absolute Gasteiger partial charge is 0.442 e. The van der Waals surface area contributed by atoms with Gasteiger partial charge in [-0.25, -0.2) is 14.0 Å². The highest BCUT2D eigenvalue weighted by atomic mass is 32.1. The zero-order valence-corrected chi connectivity index (χ0v) is 17.0. The van der Waals surface area contributed by atoms with E-state index in [1.807, 2.05) is 4.90 Å². The Hall–Kier alpha value is -2.95. The van der Waals surface area contributed by atoms with Gasteiger partial charge < -0.3 is 20.3 Å². The molecule has 3 N–H and O–H groups in total. The number of urea groups is 1. The molecule has 0 aromatic heterocycles. The molecule has 0 radical (unpaired) electrons. The van der Waals surface area contributed by atoms with E-state index < -0.39 is 23.5 Å². The van der Waals surface area contributed by atoms with Crippen LogP contribution in [0.15, 0.2) is 35.4 Å². The lowest BCUT2D eigenvalue weighted by Crippen LogP contribution is -2.54. The lowest BCUT2D eigenvalue weighted by atomic mass is 9.87. The molecule has 0 aromatic rings. The third-order valence-corrected chi connectivity index (χ3v) is 5.93. The lowest BCUT2D eigenvalue weighted by Gasteiger charge is -2.38. The zero-order chi connectivity index (χ0) is 21.3. The summed E-state index contributed by atoms with van der Waals surface area (Å²) in [4.78, 5) is 39.1. The number of nitrogens with zero attached hydrogens (tertiary/aromatic N) is 2. The van der Waals surface area contributed by atoms with Crippen molar-refractivity contribution in [2.75, 3.05) is 26.2 Å². The number of cyclic esters (lactones) is 1. The van der Waals surface area contributed by atoms with Crippen molar-refractivity contribution in [3.05, 3.63) is 35.4 Å². The lowest BCUT2D eigenvalue weighted by molar-refractivity contribution is -0.125. The minimum absolute atomic E-state index is 0.318. The van der Waals surface area contributed by atoms with E-state index in [9.17, 15) is 14.4 Å². The number of thiocarbonyl (C=S) groups is 1. The second kappa shape index (κ2) is 8.05. The number of carbonyl (C=O) groups is 3. The fourth-order valence-corrected chi connectivity index (χ4v) is 4.24. The number of nitrogens with one attached hydrogen (secondary N) is 3. The van der Waals surface area contributed by atoms with Gasteiger partial charge in [0.1, 0.15) is 17.5 Å². The van der Waals surface area contributed by atoms with Crippen molar-refractivity contribution in [3.8, 4) is 0 Å². The van der Waals surface area contributed by atoms with Crippen LogP contribution in [0.2, 0.25) is 0 Å². The Morgan fingerprint density at radius 2 is 2.10 bits per heavy atom. The number of hydrogen-bond acceptors (Lipinski definition) is 6. The predicted octanol–water partition coefficient (Wildman–Crippen LogP) is 1.05. The van der Waals surface area contributed by atoms with Gasteiger partial charge in [0.2, 0.25) is 0 Å². The van der Waals surface area contributed by atoms with Crippen LogP contribution < -0.4 is 16.0 Å². The maximum absolute atomic E-state index is 15.1. The smallest absolute Gasteiger partial charge is 0.414 e. The number of likely N-dealkylation sites (tertiary alicyclic amines) is 1. The summed E-state index contributed by atoms with van der Waals surface area (Å²) in [5, 5.41) is 7.80. The van der Waals surface area contributed by atoms with Crippen LogP contribution >= 0.6 is 12.2 Å². The Labute approximate surface area is 178 Å². The molecule has 160 valence electrons. The molecule has 0 aromatic carbocycles. The number of ether oxygens (including phenoxy) is 1. The number of halogens is 1. The Bertz CT molecular complexity index is 878. The standard InChI is InChI=1S/C19H22FN5O4S/c20-14-8-12(25-10-13(9-21-11-30)29-18(25)28)2-1-3-15(14)24-6-4-19(5-7-24)16(26)22-17(27)23-19/h1,3,8,11,13H,2,4-7,9-10H2,(H,21,30)(H2,22,23,26,27). The van der Waals surface area contributed by atoms with E-state index in [0.29, 0.717) is 56.8 Å². The monoisotopic (exact) mass is 435 g/mol. The van der Waals surface area contributed by atoms with Gasteiger partial charge in [-0.15, -0.1) is 0 Å². The molecule has 3 fully saturated rings. The molecule has 30 heavy (non-hydrogen) atoms. The summed E-state index contributed by atoms with van der Waals surface area (Å²) in [6, 6.07) is -0.489. The molecule has 0 bridgehead atoms. The third-order valence-electron chi connectivity index (χ3n) is 5.76. The highest BCUT2D eigenvalue weighted by molar-refractivity contribution is 7.78. The molecular formula is C19H22FN5O4S. The van der Waals surface area contributed by atoms with Gasteiger partial charge in [0.15, 0.2) is 0 Å². The summed E-state index contributed by atoms with van der Waals surface area (Å²) in [5.41, 5.74) is 1.37. The van der Waals surface area contributed by atoms with E-state index in [0.717, 1.165) is 0 Å². The summed E-state index contributed by atoms with van der Waals surface area (Å²) in [6.07, 6.45) is 5.15. The van der Waals surface area contributed by atoms with E-state index in [-0.39, 0.29) is 12.0 Å². The first kappa shape index (κ1) is 20.3. The Balaban J connectivity index is 1.46. The Kier molecular flexibility index (Phi) is 5.46. The molecule has 1 atom stereocenters. The summed E-state index contributed by atoms with van der Waals surface area (Å²) in [6.45, 7) is 1.55. The van der Waals surface area contributed by atoms with Gasteiger partial charge in [0.05, 0.1) is 24.3 Å². The van der Waals surface area contributed by atoms with Crippen LogP contribution in [0, 0.1) is 0 Å². The Morgan fingerprint density at radius 3 is 2.77 bits per heavy atom. The summed E-state index contributed by atoms with van der Waals surface area (Å²) >= 11 is 4.71. The van der Waals surface area contributed by atoms with Crippen LogP contribution in [-0.4, -0.2) is 71.1 Å². The molecule has 4 aliphatic rings. The van der Waals surface area contributed by atoms with Crippen LogP contribution in [0.25, 0.3) is 0 Å². The molecular weight excluding hydrogens is 413 g/mol. The zero-order valence-electron chi connectivity index (χ0n) is 16.2. The van der Waals surface area contributed by atoms with Gasteiger partial charge in [-0.3, -0.25) is 15.0 Å². The molecule has 1 spiro atoms. The average Bonchev–Trinajstić information content (AvgIpc) is 3.14. The van der Waals surface area contributed by atoms with Gasteiger partial charge in [0, 0.05) is 25.2 Å². The first-order chi connectivity index (χ1) is 14.4. The number of allylic oxidation sites excluding steroid dienone is 4. The van der Waals surface area contributed by atoms with E-state index >= 15 is 4.39 Å². The highest BCUT2D eigenvalue weighted by Gasteiger charge is 2.48. The molecule has 0 saturated carbocycles. The van der Waals surface area contributed by atoms with Gasteiger partial charge in [0.25, 0.3) is 5.91 Å². The molecule has 11 heteroatoms. The van der Waals surface area contributed by atoms with Crippen LogP contribution in [0.5, 0.6) is 0 Å². The van der Waals surface area contributed by atoms with Crippen LogP contribution in [-0.2, 0) is 9.53 Å². The normalized spacial score (nSPS) is 25.7. The number of carbonyl (C=O) groups excluding carboxylic acids is 3. The fourth-order valence-electron chi connectivity index (χ4n) is 4.15. The van der Waals surface area contributed by atoms with Gasteiger partial charge >= 0.3 is 12.1 Å². The predicted molar refractivity (Wildman–Crippen MR) is 109 cm³/mol. The third kappa shape index (κ3) is 3.76. The van der Waals surface area contributed by atoms with Crippen molar-refractivity contribution >= 4 is 35.7 Å². The fraction of sp³-hybridized carbons (Fsp3) is 0.474. The molecule has 4 rings (SSSR count). The molecule has 3 saturated heterocycles. The second-order valence-electron chi connectivity index (χ2n) is 7.60. The summed E-state index contributed by atoms with van der Waals surface area (Å²) in [7, 11) is 0. The summed E-state index contributed by atoms with van der Waals surface area (Å²) in [5.74, 6) is -0.784. The van der Waals surface area contributed by atoms with E-state index in [1.54, 1.807) is 12.2 Å². The molecule has 3 aliphatic heterocycles. The van der Waals surface area contributed by atoms with Crippen molar-refractivity contribution in [2.24, 2.45) is 0 Å². The van der Waals surface area contributed by atoms with Gasteiger partial charge in [-0.2, -0.15) is 0 Å². The van der Waals surface area contributed by atoms with Crippen molar-refractivity contribution in [1.29, 1.82) is 0 Å². The van der Waals surface area contributed by atoms with Crippen molar-refractivity contribution in [3.63, 3.8) is 0 Å². The average molecular weight is 435 g/mol. The molecule has 9 nitrogen and oxygen atoms in total. The van der Waals surface area contributed by atoms with Crippen molar-refractivity contribution in [1.82, 2.24) is 25.8 Å². The van der Waals surface area contributed by atoms with Crippen LogP contribution in [0.4, 0.5) is 14.0 Å². The minimum Gasteiger partial charge on any atom is -0.442 e. The van der Waals surface area contributed by atoms with Crippen molar-refractivity contribution < 1.29 is 23.5 Å². The SMILES string of the molecule is O=C1NC(=O)C2(CCN(C3=C(F)C=C(N4CC(CNC=S)OC4=O)CC=C3)CC2)N1. The highest BCUT2D eigenvalue weighted by Crippen LogP contribution is 2.31. The van der Waals surface area contributed by atoms with Crippen molar-refractivity contribution in [2.45, 2.75) is 30.9 Å². The number of piperidine rings is 1. The van der Waals surface area contributed by atoms with Gasteiger partial charge in [-0.1, -0.05) is 18.3 Å². The first-order valence-electron chi connectivity index (χ1n) is 9.72. The number of amides is 4. The first-order valence-corrected chi connectivity index (χ1v) is 10.2. The quantitative estimate of drug-likeness (QED) is 0.438. The molecule has 4 amide bonds. The van der Waals surface area contributed by atoms with Crippen LogP contribution in [0.3, 0.4) is 0 Å². The molecule has 1 aliphatic carbocycles. The maximum atomic E-state index is 15.1. The van der Waals surface area contributed by atoms with E-state index in [2.05, 4.69) is 16.0 Å². The number of hydrogen-bond donors (Lipinski definition) is 3. The second-order valence-corrected chi connectivity index (χ2v) is 7.83. The number of rotatable bonds is 5. The van der Waals surface area contributed by atoms with E-state index in [4.69, 9.17) is 17.0 Å². The Morgan fingerprint density at radius 1 is 1.33 bits per heavy atom. The van der Waals surface area contributed by atoms with Crippen LogP contribution in [0.1, 0.15) is 19.3 Å². The maximum Gasteiger partial charge on any atom is 0.414 e. The van der Waals surface area contributed by atoms with Gasteiger partial charge in [-0.05, 0) is 25.0 Å². The molecule has 1 unspecified atom stereocenters. The molecule has 3 heterocycles. The topological polar surface area (TPSA) is 103 Å².